The van der Waals surface area contributed by atoms with Crippen LogP contribution in [0.5, 0.6) is 11.5 Å². The van der Waals surface area contributed by atoms with Crippen molar-refractivity contribution in [2.45, 2.75) is 70.9 Å². The van der Waals surface area contributed by atoms with Gasteiger partial charge >= 0.3 is 0 Å². The monoisotopic (exact) mass is 400 g/mol. The van der Waals surface area contributed by atoms with Crippen LogP contribution in [-0.2, 0) is 11.3 Å². The Morgan fingerprint density at radius 3 is 2.55 bits per heavy atom. The molecule has 0 N–H and O–H groups in total. The quantitative estimate of drug-likeness (QED) is 0.670. The SMILES string of the molecule is CCN1CCC[C@H]1CN(Cc1ccc2c(c1)OCCO2)C(=O)C1CCCCCC1. The van der Waals surface area contributed by atoms with Crippen molar-refractivity contribution in [2.24, 2.45) is 5.92 Å². The number of ether oxygens (including phenoxy) is 2. The fraction of sp³-hybridized carbons (Fsp3) is 0.708. The fourth-order valence-electron chi connectivity index (χ4n) is 5.20. The van der Waals surface area contributed by atoms with Crippen molar-refractivity contribution in [3.8, 4) is 11.5 Å². The Morgan fingerprint density at radius 2 is 1.79 bits per heavy atom. The number of amides is 1. The highest BCUT2D eigenvalue weighted by Crippen LogP contribution is 2.32. The number of hydrogen-bond acceptors (Lipinski definition) is 4. The van der Waals surface area contributed by atoms with E-state index < -0.39 is 0 Å². The molecule has 1 saturated heterocycles. The van der Waals surface area contributed by atoms with E-state index >= 15 is 0 Å². The van der Waals surface area contributed by atoms with Gasteiger partial charge in [-0.1, -0.05) is 38.7 Å². The molecule has 1 saturated carbocycles. The van der Waals surface area contributed by atoms with Crippen LogP contribution in [0.25, 0.3) is 0 Å². The van der Waals surface area contributed by atoms with E-state index in [1.807, 2.05) is 6.07 Å². The second kappa shape index (κ2) is 9.84. The average Bonchev–Trinajstić information content (AvgIpc) is 3.02. The number of carbonyl (C=O) groups is 1. The summed E-state index contributed by atoms with van der Waals surface area (Å²) in [5, 5.41) is 0. The van der Waals surface area contributed by atoms with E-state index in [9.17, 15) is 4.79 Å². The van der Waals surface area contributed by atoms with Gasteiger partial charge in [-0.05, 0) is 56.5 Å². The number of fused-ring (bicyclic) bond motifs is 1. The number of benzene rings is 1. The largest absolute Gasteiger partial charge is 0.486 e. The Hall–Kier alpha value is -1.75. The lowest BCUT2D eigenvalue weighted by Gasteiger charge is -2.33. The Kier molecular flexibility index (Phi) is 6.96. The van der Waals surface area contributed by atoms with Crippen LogP contribution in [-0.4, -0.2) is 54.6 Å². The third-order valence-electron chi connectivity index (χ3n) is 6.83. The lowest BCUT2D eigenvalue weighted by Crippen LogP contribution is -2.44. The first-order valence-electron chi connectivity index (χ1n) is 11.7. The smallest absolute Gasteiger partial charge is 0.226 e. The molecule has 1 aliphatic carbocycles. The van der Waals surface area contributed by atoms with Crippen LogP contribution in [0.3, 0.4) is 0 Å². The third-order valence-corrected chi connectivity index (χ3v) is 6.83. The Labute approximate surface area is 175 Å². The molecule has 1 aromatic rings. The van der Waals surface area contributed by atoms with Gasteiger partial charge in [-0.3, -0.25) is 9.69 Å². The van der Waals surface area contributed by atoms with Crippen LogP contribution in [0.1, 0.15) is 63.9 Å². The van der Waals surface area contributed by atoms with Gasteiger partial charge in [0, 0.05) is 25.0 Å². The molecule has 2 fully saturated rings. The van der Waals surface area contributed by atoms with Crippen LogP contribution < -0.4 is 9.47 Å². The summed E-state index contributed by atoms with van der Waals surface area (Å²) in [6, 6.07) is 6.64. The number of rotatable bonds is 6. The van der Waals surface area contributed by atoms with E-state index in [0.29, 0.717) is 31.7 Å². The van der Waals surface area contributed by atoms with E-state index in [2.05, 4.69) is 28.9 Å². The molecule has 0 radical (unpaired) electrons. The number of carbonyl (C=O) groups excluding carboxylic acids is 1. The Balaban J connectivity index is 1.51. The summed E-state index contributed by atoms with van der Waals surface area (Å²) in [5.41, 5.74) is 1.14. The molecule has 1 atom stereocenters. The Morgan fingerprint density at radius 1 is 1.03 bits per heavy atom. The molecule has 2 heterocycles. The summed E-state index contributed by atoms with van der Waals surface area (Å²) in [4.78, 5) is 18.3. The first-order valence-corrected chi connectivity index (χ1v) is 11.7. The molecule has 1 aromatic carbocycles. The molecule has 0 unspecified atom stereocenters. The minimum absolute atomic E-state index is 0.200. The Bertz CT molecular complexity index is 685. The van der Waals surface area contributed by atoms with Gasteiger partial charge in [0.15, 0.2) is 11.5 Å². The standard InChI is InChI=1S/C24H36N2O3/c1-2-25-13-7-10-21(25)18-26(24(27)20-8-5-3-4-6-9-20)17-19-11-12-22-23(16-19)29-15-14-28-22/h11-12,16,20-21H,2-10,13-15,17-18H2,1H3/t21-/m0/s1. The molecule has 2 aliphatic heterocycles. The van der Waals surface area contributed by atoms with Crippen LogP contribution in [0, 0.1) is 5.92 Å². The highest BCUT2D eigenvalue weighted by atomic mass is 16.6. The highest BCUT2D eigenvalue weighted by molar-refractivity contribution is 5.79. The van der Waals surface area contributed by atoms with Crippen LogP contribution in [0.2, 0.25) is 0 Å². The molecule has 5 nitrogen and oxygen atoms in total. The van der Waals surface area contributed by atoms with Crippen molar-refractivity contribution in [1.82, 2.24) is 9.80 Å². The van der Waals surface area contributed by atoms with E-state index in [1.54, 1.807) is 0 Å². The van der Waals surface area contributed by atoms with Crippen LogP contribution in [0.4, 0.5) is 0 Å². The zero-order chi connectivity index (χ0) is 20.1. The van der Waals surface area contributed by atoms with E-state index in [-0.39, 0.29) is 5.92 Å². The van der Waals surface area contributed by atoms with Gasteiger partial charge in [0.05, 0.1) is 0 Å². The first-order chi connectivity index (χ1) is 14.2. The molecule has 29 heavy (non-hydrogen) atoms. The van der Waals surface area contributed by atoms with Crippen molar-refractivity contribution >= 4 is 5.91 Å². The molecule has 4 rings (SSSR count). The minimum atomic E-state index is 0.200. The van der Waals surface area contributed by atoms with Crippen molar-refractivity contribution < 1.29 is 14.3 Å². The van der Waals surface area contributed by atoms with E-state index in [1.165, 1.54) is 38.5 Å². The minimum Gasteiger partial charge on any atom is -0.486 e. The fourth-order valence-corrected chi connectivity index (χ4v) is 5.20. The van der Waals surface area contributed by atoms with Gasteiger partial charge in [-0.15, -0.1) is 0 Å². The van der Waals surface area contributed by atoms with Crippen molar-refractivity contribution in [1.29, 1.82) is 0 Å². The second-order valence-electron chi connectivity index (χ2n) is 8.81. The molecular weight excluding hydrogens is 364 g/mol. The van der Waals surface area contributed by atoms with Crippen molar-refractivity contribution in [3.05, 3.63) is 23.8 Å². The summed E-state index contributed by atoms with van der Waals surface area (Å²) in [7, 11) is 0. The van der Waals surface area contributed by atoms with Gasteiger partial charge in [0.25, 0.3) is 0 Å². The maximum absolute atomic E-state index is 13.6. The zero-order valence-electron chi connectivity index (χ0n) is 17.9. The predicted molar refractivity (Wildman–Crippen MR) is 114 cm³/mol. The van der Waals surface area contributed by atoms with Gasteiger partial charge in [0.1, 0.15) is 13.2 Å². The average molecular weight is 401 g/mol. The molecule has 160 valence electrons. The maximum Gasteiger partial charge on any atom is 0.226 e. The zero-order valence-corrected chi connectivity index (χ0v) is 17.9. The van der Waals surface area contributed by atoms with Gasteiger partial charge in [-0.2, -0.15) is 0 Å². The van der Waals surface area contributed by atoms with Crippen LogP contribution in [0.15, 0.2) is 18.2 Å². The highest BCUT2D eigenvalue weighted by Gasteiger charge is 2.31. The van der Waals surface area contributed by atoms with Gasteiger partial charge < -0.3 is 14.4 Å². The van der Waals surface area contributed by atoms with Crippen LogP contribution >= 0.6 is 0 Å². The first kappa shape index (κ1) is 20.5. The van der Waals surface area contributed by atoms with Gasteiger partial charge in [-0.25, -0.2) is 0 Å². The van der Waals surface area contributed by atoms with E-state index in [0.717, 1.165) is 49.5 Å². The summed E-state index contributed by atoms with van der Waals surface area (Å²) >= 11 is 0. The molecule has 1 amide bonds. The lowest BCUT2D eigenvalue weighted by molar-refractivity contribution is -0.137. The summed E-state index contributed by atoms with van der Waals surface area (Å²) in [6.45, 7) is 7.17. The van der Waals surface area contributed by atoms with Crippen molar-refractivity contribution in [3.63, 3.8) is 0 Å². The molecule has 5 heteroatoms. The molecule has 0 bridgehead atoms. The predicted octanol–water partition coefficient (Wildman–Crippen LogP) is 4.24. The molecule has 0 aromatic heterocycles. The molecule has 3 aliphatic rings. The van der Waals surface area contributed by atoms with E-state index in [4.69, 9.17) is 9.47 Å². The number of likely N-dealkylation sites (N-methyl/N-ethyl adjacent to an activating group) is 1. The third kappa shape index (κ3) is 5.06. The lowest BCUT2D eigenvalue weighted by atomic mass is 9.97. The van der Waals surface area contributed by atoms with Gasteiger partial charge in [0.2, 0.25) is 5.91 Å². The number of likely N-dealkylation sites (tertiary alicyclic amines) is 1. The molecule has 0 spiro atoms. The summed E-state index contributed by atoms with van der Waals surface area (Å²) in [6.07, 6.45) is 9.49. The number of hydrogen-bond donors (Lipinski definition) is 0. The second-order valence-corrected chi connectivity index (χ2v) is 8.81. The topological polar surface area (TPSA) is 42.0 Å². The summed E-state index contributed by atoms with van der Waals surface area (Å²) < 4.78 is 11.4. The number of nitrogens with zero attached hydrogens (tertiary/aromatic N) is 2. The molecular formula is C24H36N2O3. The normalized spacial score (nSPS) is 23.0. The van der Waals surface area contributed by atoms with Crippen molar-refractivity contribution in [2.75, 3.05) is 32.8 Å². The summed E-state index contributed by atoms with van der Waals surface area (Å²) in [5.74, 6) is 2.19. The maximum atomic E-state index is 13.6.